The third kappa shape index (κ3) is 2.86. The van der Waals surface area contributed by atoms with E-state index in [4.69, 9.17) is 0 Å². The number of halogens is 2. The highest BCUT2D eigenvalue weighted by atomic mass is 79.9. The molecule has 0 unspecified atom stereocenters. The Labute approximate surface area is 113 Å². The van der Waals surface area contributed by atoms with E-state index >= 15 is 0 Å². The van der Waals surface area contributed by atoms with Crippen LogP contribution in [0.25, 0.3) is 0 Å². The van der Waals surface area contributed by atoms with Gasteiger partial charge >= 0.3 is 0 Å². The maximum atomic E-state index is 12.8. The number of hydrogen-bond acceptors (Lipinski definition) is 2. The van der Waals surface area contributed by atoms with E-state index in [1.54, 1.807) is 29.1 Å². The van der Waals surface area contributed by atoms with Crippen LogP contribution >= 0.6 is 15.9 Å². The summed E-state index contributed by atoms with van der Waals surface area (Å²) in [6, 6.07) is 5.72. The Hall–Kier alpha value is -1.46. The van der Waals surface area contributed by atoms with Crippen LogP contribution in [-0.4, -0.2) is 14.7 Å². The highest BCUT2D eigenvalue weighted by Crippen LogP contribution is 2.21. The van der Waals surface area contributed by atoms with E-state index in [2.05, 4.69) is 27.5 Å². The van der Waals surface area contributed by atoms with Crippen molar-refractivity contribution in [2.24, 2.45) is 0 Å². The fourth-order valence-corrected chi connectivity index (χ4v) is 1.95. The summed E-state index contributed by atoms with van der Waals surface area (Å²) in [5.41, 5.74) is 0.601. The molecule has 0 amide bonds. The molecule has 1 heterocycles. The van der Waals surface area contributed by atoms with Gasteiger partial charge in [0.2, 0.25) is 0 Å². The van der Waals surface area contributed by atoms with Gasteiger partial charge in [0.25, 0.3) is 0 Å². The molecule has 0 aliphatic heterocycles. The van der Waals surface area contributed by atoms with E-state index < -0.39 is 6.10 Å². The summed E-state index contributed by atoms with van der Waals surface area (Å²) in [7, 11) is 0. The monoisotopic (exact) mass is 310 g/mol. The van der Waals surface area contributed by atoms with E-state index in [-0.39, 0.29) is 5.82 Å². The van der Waals surface area contributed by atoms with Crippen LogP contribution in [0, 0.1) is 5.82 Å². The first-order valence-corrected chi connectivity index (χ1v) is 6.15. The maximum absolute atomic E-state index is 12.8. The molecule has 3 nitrogen and oxygen atoms in total. The van der Waals surface area contributed by atoms with E-state index in [1.807, 2.05) is 0 Å². The highest BCUT2D eigenvalue weighted by Gasteiger charge is 2.16. The van der Waals surface area contributed by atoms with Crippen molar-refractivity contribution < 1.29 is 9.50 Å². The SMILES string of the molecule is C=C(Br)Cn1ccnc1[C@@H](O)c1ccc(F)cc1. The number of aliphatic hydroxyl groups excluding tert-OH is 1. The second-order valence-electron chi connectivity index (χ2n) is 3.88. The van der Waals surface area contributed by atoms with Gasteiger partial charge in [-0.05, 0) is 17.7 Å². The first-order chi connectivity index (χ1) is 8.58. The normalized spacial score (nSPS) is 12.4. The second kappa shape index (κ2) is 5.46. The molecule has 0 radical (unpaired) electrons. The number of rotatable bonds is 4. The fourth-order valence-electron chi connectivity index (χ4n) is 1.68. The number of benzene rings is 1. The zero-order valence-electron chi connectivity index (χ0n) is 9.55. The van der Waals surface area contributed by atoms with Gasteiger partial charge in [-0.15, -0.1) is 0 Å². The molecule has 0 saturated carbocycles. The first-order valence-electron chi connectivity index (χ1n) is 5.36. The van der Waals surface area contributed by atoms with Crippen LogP contribution in [0.4, 0.5) is 4.39 Å². The van der Waals surface area contributed by atoms with Gasteiger partial charge in [0, 0.05) is 16.9 Å². The Bertz CT molecular complexity index is 550. The van der Waals surface area contributed by atoms with Crippen molar-refractivity contribution in [3.8, 4) is 0 Å². The zero-order valence-corrected chi connectivity index (χ0v) is 11.1. The van der Waals surface area contributed by atoms with E-state index in [9.17, 15) is 9.50 Å². The van der Waals surface area contributed by atoms with E-state index in [1.165, 1.54) is 12.1 Å². The van der Waals surface area contributed by atoms with Gasteiger partial charge in [-0.1, -0.05) is 34.6 Å². The maximum Gasteiger partial charge on any atom is 0.142 e. The molecule has 2 rings (SSSR count). The molecular weight excluding hydrogens is 299 g/mol. The van der Waals surface area contributed by atoms with Crippen molar-refractivity contribution in [3.63, 3.8) is 0 Å². The highest BCUT2D eigenvalue weighted by molar-refractivity contribution is 9.11. The van der Waals surface area contributed by atoms with Gasteiger partial charge in [0.15, 0.2) is 0 Å². The van der Waals surface area contributed by atoms with Gasteiger partial charge in [-0.25, -0.2) is 9.37 Å². The standard InChI is InChI=1S/C13H12BrFN2O/c1-9(14)8-17-7-6-16-13(17)12(18)10-2-4-11(15)5-3-10/h2-7,12,18H,1,8H2/t12-/m0/s1. The molecule has 1 atom stereocenters. The summed E-state index contributed by atoms with van der Waals surface area (Å²) in [5.74, 6) is 0.172. The van der Waals surface area contributed by atoms with Crippen molar-refractivity contribution in [2.45, 2.75) is 12.6 Å². The van der Waals surface area contributed by atoms with Crippen LogP contribution in [0.5, 0.6) is 0 Å². The van der Waals surface area contributed by atoms with Crippen LogP contribution < -0.4 is 0 Å². The van der Waals surface area contributed by atoms with Gasteiger partial charge < -0.3 is 9.67 Å². The fraction of sp³-hybridized carbons (Fsp3) is 0.154. The van der Waals surface area contributed by atoms with Gasteiger partial charge in [-0.2, -0.15) is 0 Å². The minimum absolute atomic E-state index is 0.330. The lowest BCUT2D eigenvalue weighted by molar-refractivity contribution is 0.205. The lowest BCUT2D eigenvalue weighted by Gasteiger charge is -2.13. The average Bonchev–Trinajstić information content (AvgIpc) is 2.76. The Morgan fingerprint density at radius 1 is 1.44 bits per heavy atom. The summed E-state index contributed by atoms with van der Waals surface area (Å²) in [6.07, 6.45) is 2.49. The second-order valence-corrected chi connectivity index (χ2v) is 5.01. The van der Waals surface area contributed by atoms with Crippen molar-refractivity contribution in [1.82, 2.24) is 9.55 Å². The van der Waals surface area contributed by atoms with Crippen molar-refractivity contribution >= 4 is 15.9 Å². The predicted molar refractivity (Wildman–Crippen MR) is 70.8 cm³/mol. The summed E-state index contributed by atoms with van der Waals surface area (Å²) >= 11 is 3.27. The lowest BCUT2D eigenvalue weighted by Crippen LogP contribution is -2.10. The van der Waals surface area contributed by atoms with Crippen LogP contribution in [0.1, 0.15) is 17.5 Å². The summed E-state index contributed by atoms with van der Waals surface area (Å²) in [6.45, 7) is 4.27. The van der Waals surface area contributed by atoms with E-state index in [0.717, 1.165) is 4.48 Å². The molecule has 0 aliphatic carbocycles. The topological polar surface area (TPSA) is 38.0 Å². The Morgan fingerprint density at radius 3 is 2.72 bits per heavy atom. The van der Waals surface area contributed by atoms with E-state index in [0.29, 0.717) is 17.9 Å². The minimum Gasteiger partial charge on any atom is -0.380 e. The number of aliphatic hydroxyl groups is 1. The number of allylic oxidation sites excluding steroid dienone is 1. The first kappa shape index (κ1) is 13.0. The molecule has 0 aliphatic rings. The molecule has 1 N–H and O–H groups in total. The molecule has 94 valence electrons. The molecule has 0 bridgehead atoms. The van der Waals surface area contributed by atoms with Crippen LogP contribution in [0.2, 0.25) is 0 Å². The largest absolute Gasteiger partial charge is 0.380 e. The molecule has 2 aromatic rings. The molecule has 1 aromatic heterocycles. The van der Waals surface area contributed by atoms with Gasteiger partial charge in [-0.3, -0.25) is 0 Å². The minimum atomic E-state index is -0.882. The summed E-state index contributed by atoms with van der Waals surface area (Å²) in [5, 5.41) is 10.2. The van der Waals surface area contributed by atoms with Crippen LogP contribution in [0.3, 0.4) is 0 Å². The number of hydrogen-bond donors (Lipinski definition) is 1. The number of imidazole rings is 1. The molecule has 0 fully saturated rings. The zero-order chi connectivity index (χ0) is 13.1. The number of nitrogens with zero attached hydrogens (tertiary/aromatic N) is 2. The molecule has 0 saturated heterocycles. The van der Waals surface area contributed by atoms with Gasteiger partial charge in [0.1, 0.15) is 17.7 Å². The molecule has 1 aromatic carbocycles. The van der Waals surface area contributed by atoms with Crippen molar-refractivity contribution in [3.05, 3.63) is 64.9 Å². The molecule has 0 spiro atoms. The van der Waals surface area contributed by atoms with Crippen molar-refractivity contribution in [1.29, 1.82) is 0 Å². The molecule has 18 heavy (non-hydrogen) atoms. The number of aromatic nitrogens is 2. The lowest BCUT2D eigenvalue weighted by atomic mass is 10.1. The smallest absolute Gasteiger partial charge is 0.142 e. The summed E-state index contributed by atoms with van der Waals surface area (Å²) in [4.78, 5) is 4.13. The average molecular weight is 311 g/mol. The summed E-state index contributed by atoms with van der Waals surface area (Å²) < 4.78 is 15.4. The Morgan fingerprint density at radius 2 is 2.11 bits per heavy atom. The third-order valence-corrected chi connectivity index (χ3v) is 2.77. The molecule has 5 heteroatoms. The Balaban J connectivity index is 2.28. The van der Waals surface area contributed by atoms with Gasteiger partial charge in [0.05, 0.1) is 6.54 Å². The van der Waals surface area contributed by atoms with Crippen LogP contribution in [-0.2, 0) is 6.54 Å². The Kier molecular flexibility index (Phi) is 3.93. The molecular formula is C13H12BrFN2O. The predicted octanol–water partition coefficient (Wildman–Crippen LogP) is 3.01. The quantitative estimate of drug-likeness (QED) is 0.942. The third-order valence-electron chi connectivity index (χ3n) is 2.52. The van der Waals surface area contributed by atoms with Crippen molar-refractivity contribution in [2.75, 3.05) is 0 Å². The van der Waals surface area contributed by atoms with Crippen LogP contribution in [0.15, 0.2) is 47.7 Å².